The normalized spacial score (nSPS) is 10.2. The Labute approximate surface area is 164 Å². The summed E-state index contributed by atoms with van der Waals surface area (Å²) in [6.07, 6.45) is 0. The first-order valence-electron chi connectivity index (χ1n) is 8.03. The van der Waals surface area contributed by atoms with Crippen LogP contribution in [-0.2, 0) is 14.6 Å². The minimum absolute atomic E-state index is 0.0468. The summed E-state index contributed by atoms with van der Waals surface area (Å²) in [6.45, 7) is 8.90. The molecule has 0 spiro atoms. The molecule has 0 heterocycles. The molecule has 8 nitrogen and oxygen atoms in total. The van der Waals surface area contributed by atoms with Gasteiger partial charge in [0.2, 0.25) is 0 Å². The van der Waals surface area contributed by atoms with E-state index in [9.17, 15) is 13.2 Å². The predicted octanol–water partition coefficient (Wildman–Crippen LogP) is 2.22. The third-order valence-corrected chi connectivity index (χ3v) is 4.81. The lowest BCUT2D eigenvalue weighted by Crippen LogP contribution is -2.15. The molecule has 9 heteroatoms. The van der Waals surface area contributed by atoms with Crippen LogP contribution in [0.3, 0.4) is 0 Å². The second-order valence-electron chi connectivity index (χ2n) is 5.84. The first-order chi connectivity index (χ1) is 13.0. The molecule has 0 aliphatic carbocycles. The molecular weight excluding hydrogens is 380 g/mol. The molecule has 2 aromatic rings. The van der Waals surface area contributed by atoms with Gasteiger partial charge >= 0.3 is 5.97 Å². The van der Waals surface area contributed by atoms with Gasteiger partial charge in [-0.05, 0) is 43.3 Å². The van der Waals surface area contributed by atoms with E-state index in [0.29, 0.717) is 11.6 Å². The van der Waals surface area contributed by atoms with Crippen LogP contribution in [0.5, 0.6) is 0 Å². The van der Waals surface area contributed by atoms with Crippen molar-refractivity contribution in [3.05, 3.63) is 78.9 Å². The minimum Gasteiger partial charge on any atom is -0.480 e. The molecule has 0 aliphatic rings. The van der Waals surface area contributed by atoms with Gasteiger partial charge in [-0.15, -0.1) is 0 Å². The number of sulfone groups is 1. The topological polar surface area (TPSA) is 148 Å². The van der Waals surface area contributed by atoms with Gasteiger partial charge in [-0.3, -0.25) is 4.79 Å². The molecule has 0 saturated carbocycles. The van der Waals surface area contributed by atoms with Crippen molar-refractivity contribution in [1.82, 2.24) is 0 Å². The molecule has 28 heavy (non-hydrogen) atoms. The highest BCUT2D eigenvalue weighted by molar-refractivity contribution is 7.92. The second kappa shape index (κ2) is 10.0. The molecule has 0 amide bonds. The van der Waals surface area contributed by atoms with Gasteiger partial charge in [0.05, 0.1) is 16.5 Å². The van der Waals surface area contributed by atoms with Crippen molar-refractivity contribution in [3.8, 4) is 0 Å². The molecule has 0 fully saturated rings. The first kappa shape index (κ1) is 22.6. The van der Waals surface area contributed by atoms with Gasteiger partial charge in [-0.2, -0.15) is 0 Å². The van der Waals surface area contributed by atoms with Crippen molar-refractivity contribution in [3.63, 3.8) is 0 Å². The smallest absolute Gasteiger partial charge is 0.319 e. The Bertz CT molecular complexity index is 902. The van der Waals surface area contributed by atoms with Crippen LogP contribution in [0.1, 0.15) is 5.56 Å². The number of hydrogen-bond donors (Lipinski definition) is 5. The van der Waals surface area contributed by atoms with Gasteiger partial charge < -0.3 is 27.2 Å². The number of carboxylic acid groups (broad SMARTS) is 1. The van der Waals surface area contributed by atoms with Crippen LogP contribution in [0.2, 0.25) is 0 Å². The number of nitrogens with one attached hydrogen (secondary N) is 2. The molecule has 2 rings (SSSR count). The predicted molar refractivity (Wildman–Crippen MR) is 111 cm³/mol. The SMILES string of the molecule is C=C(N)Nc1ccc(NC(=C)N)cc1.Cc1ccc(S(=O)(=O)CC(=O)O)cc1. The Morgan fingerprint density at radius 2 is 1.32 bits per heavy atom. The summed E-state index contributed by atoms with van der Waals surface area (Å²) in [6, 6.07) is 13.5. The van der Waals surface area contributed by atoms with Gasteiger partial charge in [0, 0.05) is 11.4 Å². The van der Waals surface area contributed by atoms with Crippen LogP contribution in [0.15, 0.2) is 78.2 Å². The fraction of sp³-hybridized carbons (Fsp3) is 0.105. The Kier molecular flexibility index (Phi) is 8.08. The summed E-state index contributed by atoms with van der Waals surface area (Å²) < 4.78 is 22.7. The van der Waals surface area contributed by atoms with Crippen molar-refractivity contribution >= 4 is 27.2 Å². The monoisotopic (exact) mass is 404 g/mol. The van der Waals surface area contributed by atoms with Crippen LogP contribution in [0.25, 0.3) is 0 Å². The maximum absolute atomic E-state index is 11.4. The second-order valence-corrected chi connectivity index (χ2v) is 7.83. The average Bonchev–Trinajstić information content (AvgIpc) is 2.55. The number of anilines is 2. The molecular formula is C19H24N4O4S. The standard InChI is InChI=1S/C10H14N4.C9H10O4S/c1-7(11)13-9-3-5-10(6-4-9)14-8(2)12;1-7-2-4-8(5-3-7)14(12,13)6-9(10)11/h3-6,13-14H,1-2,11-12H2;2-5H,6H2,1H3,(H,10,11). The quantitative estimate of drug-likeness (QED) is 0.472. The Hall–Kier alpha value is -3.46. The average molecular weight is 404 g/mol. The lowest BCUT2D eigenvalue weighted by molar-refractivity contribution is -0.134. The number of aryl methyl sites for hydroxylation is 1. The highest BCUT2D eigenvalue weighted by atomic mass is 32.2. The molecule has 0 bridgehead atoms. The van der Waals surface area contributed by atoms with E-state index in [0.717, 1.165) is 16.9 Å². The summed E-state index contributed by atoms with van der Waals surface area (Å²) in [4.78, 5) is 10.3. The Morgan fingerprint density at radius 3 is 1.64 bits per heavy atom. The molecule has 0 aliphatic heterocycles. The fourth-order valence-electron chi connectivity index (χ4n) is 2.00. The highest BCUT2D eigenvalue weighted by Crippen LogP contribution is 2.14. The molecule has 150 valence electrons. The van der Waals surface area contributed by atoms with Crippen molar-refractivity contribution < 1.29 is 18.3 Å². The molecule has 0 atom stereocenters. The van der Waals surface area contributed by atoms with E-state index < -0.39 is 21.6 Å². The minimum atomic E-state index is -3.68. The van der Waals surface area contributed by atoms with Gasteiger partial charge in [-0.1, -0.05) is 30.9 Å². The number of rotatable bonds is 7. The molecule has 0 unspecified atom stereocenters. The lowest BCUT2D eigenvalue weighted by Gasteiger charge is -2.07. The number of nitrogens with two attached hydrogens (primary N) is 2. The highest BCUT2D eigenvalue weighted by Gasteiger charge is 2.17. The van der Waals surface area contributed by atoms with Crippen LogP contribution in [-0.4, -0.2) is 25.2 Å². The zero-order valence-electron chi connectivity index (χ0n) is 15.5. The number of carboxylic acids is 1. The summed E-state index contributed by atoms with van der Waals surface area (Å²) in [5, 5.41) is 14.2. The van der Waals surface area contributed by atoms with Gasteiger partial charge in [-0.25, -0.2) is 8.42 Å². The van der Waals surface area contributed by atoms with E-state index in [1.807, 2.05) is 31.2 Å². The van der Waals surface area contributed by atoms with Crippen LogP contribution in [0.4, 0.5) is 11.4 Å². The van der Waals surface area contributed by atoms with E-state index in [1.54, 1.807) is 12.1 Å². The zero-order valence-corrected chi connectivity index (χ0v) is 16.3. The Morgan fingerprint density at radius 1 is 0.929 bits per heavy atom. The lowest BCUT2D eigenvalue weighted by atomic mass is 10.2. The van der Waals surface area contributed by atoms with E-state index in [1.165, 1.54) is 12.1 Å². The fourth-order valence-corrected chi connectivity index (χ4v) is 3.04. The third-order valence-electron chi connectivity index (χ3n) is 3.19. The maximum atomic E-state index is 11.4. The van der Waals surface area contributed by atoms with Crippen molar-refractivity contribution in [2.75, 3.05) is 16.4 Å². The van der Waals surface area contributed by atoms with Crippen molar-refractivity contribution in [2.45, 2.75) is 11.8 Å². The summed E-state index contributed by atoms with van der Waals surface area (Å²) in [5.74, 6) is -1.38. The Balaban J connectivity index is 0.000000280. The number of aliphatic carboxylic acids is 1. The van der Waals surface area contributed by atoms with Crippen molar-refractivity contribution in [1.29, 1.82) is 0 Å². The number of carbonyl (C=O) groups is 1. The van der Waals surface area contributed by atoms with E-state index in [2.05, 4.69) is 23.8 Å². The summed E-state index contributed by atoms with van der Waals surface area (Å²) in [5.41, 5.74) is 13.5. The summed E-state index contributed by atoms with van der Waals surface area (Å²) in [7, 11) is -3.68. The maximum Gasteiger partial charge on any atom is 0.319 e. The largest absolute Gasteiger partial charge is 0.480 e. The molecule has 2 aromatic carbocycles. The van der Waals surface area contributed by atoms with Crippen molar-refractivity contribution in [2.24, 2.45) is 11.5 Å². The van der Waals surface area contributed by atoms with Gasteiger partial charge in [0.25, 0.3) is 0 Å². The zero-order chi connectivity index (χ0) is 21.3. The molecule has 0 saturated heterocycles. The van der Waals surface area contributed by atoms with Crippen LogP contribution < -0.4 is 22.1 Å². The summed E-state index contributed by atoms with van der Waals surface area (Å²) >= 11 is 0. The molecule has 7 N–H and O–H groups in total. The van der Waals surface area contributed by atoms with Crippen LogP contribution >= 0.6 is 0 Å². The van der Waals surface area contributed by atoms with Gasteiger partial charge in [0.1, 0.15) is 0 Å². The number of benzene rings is 2. The molecule has 0 radical (unpaired) electrons. The van der Waals surface area contributed by atoms with E-state index >= 15 is 0 Å². The first-order valence-corrected chi connectivity index (χ1v) is 9.69. The third kappa shape index (κ3) is 8.28. The van der Waals surface area contributed by atoms with Crippen LogP contribution in [0, 0.1) is 6.92 Å². The van der Waals surface area contributed by atoms with E-state index in [4.69, 9.17) is 16.6 Å². The number of hydrogen-bond acceptors (Lipinski definition) is 7. The van der Waals surface area contributed by atoms with Gasteiger partial charge in [0.15, 0.2) is 15.6 Å². The molecule has 0 aromatic heterocycles. The van der Waals surface area contributed by atoms with E-state index in [-0.39, 0.29) is 4.90 Å².